The molecule has 4 heteroatoms. The lowest BCUT2D eigenvalue weighted by Gasteiger charge is -2.20. The van der Waals surface area contributed by atoms with Crippen LogP contribution >= 0.6 is 0 Å². The van der Waals surface area contributed by atoms with Crippen molar-refractivity contribution in [2.75, 3.05) is 24.6 Å². The molecule has 0 saturated carbocycles. The lowest BCUT2D eigenvalue weighted by atomic mass is 9.88. The lowest BCUT2D eigenvalue weighted by Crippen LogP contribution is -2.27. The van der Waals surface area contributed by atoms with Gasteiger partial charge in [-0.05, 0) is 44.2 Å². The van der Waals surface area contributed by atoms with E-state index in [1.54, 1.807) is 0 Å². The van der Waals surface area contributed by atoms with Crippen LogP contribution in [0.3, 0.4) is 0 Å². The van der Waals surface area contributed by atoms with Gasteiger partial charge in [-0.3, -0.25) is 0 Å². The second-order valence-electron chi connectivity index (χ2n) is 4.62. The second-order valence-corrected chi connectivity index (χ2v) is 6.85. The topological polar surface area (TPSA) is 46.2 Å². The number of hydrogen-bond acceptors (Lipinski definition) is 3. The van der Waals surface area contributed by atoms with Crippen LogP contribution in [-0.2, 0) is 9.84 Å². The van der Waals surface area contributed by atoms with Gasteiger partial charge in [0.2, 0.25) is 0 Å². The van der Waals surface area contributed by atoms with Gasteiger partial charge in [0.15, 0.2) is 9.84 Å². The van der Waals surface area contributed by atoms with E-state index in [2.05, 4.69) is 5.32 Å². The van der Waals surface area contributed by atoms with Gasteiger partial charge in [-0.2, -0.15) is 0 Å². The zero-order chi connectivity index (χ0) is 10.0. The van der Waals surface area contributed by atoms with Gasteiger partial charge in [0, 0.05) is 0 Å². The molecule has 0 radical (unpaired) electrons. The van der Waals surface area contributed by atoms with Crippen LogP contribution in [0, 0.1) is 11.8 Å². The van der Waals surface area contributed by atoms with Gasteiger partial charge in [-0.1, -0.05) is 6.42 Å². The summed E-state index contributed by atoms with van der Waals surface area (Å²) >= 11 is 0. The molecule has 3 nitrogen and oxygen atoms in total. The van der Waals surface area contributed by atoms with Crippen molar-refractivity contribution in [3.63, 3.8) is 0 Å². The molecule has 82 valence electrons. The fourth-order valence-electron chi connectivity index (χ4n) is 2.64. The molecule has 0 amide bonds. The van der Waals surface area contributed by atoms with Crippen LogP contribution in [0.25, 0.3) is 0 Å². The Labute approximate surface area is 86.2 Å². The van der Waals surface area contributed by atoms with Gasteiger partial charge in [-0.25, -0.2) is 8.42 Å². The fourth-order valence-corrected chi connectivity index (χ4v) is 4.56. The quantitative estimate of drug-likeness (QED) is 0.707. The van der Waals surface area contributed by atoms with Crippen LogP contribution in [-0.4, -0.2) is 33.0 Å². The maximum absolute atomic E-state index is 11.3. The molecule has 0 aromatic heterocycles. The predicted octanol–water partition coefficient (Wildman–Crippen LogP) is 0.811. The largest absolute Gasteiger partial charge is 0.316 e. The summed E-state index contributed by atoms with van der Waals surface area (Å²) in [4.78, 5) is 0. The van der Waals surface area contributed by atoms with E-state index >= 15 is 0 Å². The Kier molecular flexibility index (Phi) is 3.12. The van der Waals surface area contributed by atoms with E-state index in [1.165, 1.54) is 19.3 Å². The molecule has 2 saturated heterocycles. The maximum Gasteiger partial charge on any atom is 0.150 e. The Morgan fingerprint density at radius 2 is 1.93 bits per heavy atom. The van der Waals surface area contributed by atoms with Crippen molar-refractivity contribution in [1.82, 2.24) is 5.32 Å². The molecule has 2 atom stereocenters. The van der Waals surface area contributed by atoms with E-state index < -0.39 is 9.84 Å². The SMILES string of the molecule is O=S1(=O)CCC(C2CCCCNC2)C1. The van der Waals surface area contributed by atoms with Crippen molar-refractivity contribution in [3.8, 4) is 0 Å². The Balaban J connectivity index is 1.94. The van der Waals surface area contributed by atoms with Gasteiger partial charge in [0.25, 0.3) is 0 Å². The summed E-state index contributed by atoms with van der Waals surface area (Å²) in [5, 5.41) is 3.41. The Morgan fingerprint density at radius 1 is 1.07 bits per heavy atom. The molecule has 0 spiro atoms. The molecule has 0 bridgehead atoms. The smallest absolute Gasteiger partial charge is 0.150 e. The number of nitrogens with one attached hydrogen (secondary N) is 1. The average Bonchev–Trinajstić information content (AvgIpc) is 2.42. The monoisotopic (exact) mass is 217 g/mol. The van der Waals surface area contributed by atoms with Gasteiger partial charge in [0.05, 0.1) is 11.5 Å². The Morgan fingerprint density at radius 3 is 2.64 bits per heavy atom. The first-order valence-corrected chi connectivity index (χ1v) is 7.41. The predicted molar refractivity (Wildman–Crippen MR) is 57.0 cm³/mol. The van der Waals surface area contributed by atoms with Gasteiger partial charge >= 0.3 is 0 Å². The zero-order valence-electron chi connectivity index (χ0n) is 8.54. The van der Waals surface area contributed by atoms with Crippen molar-refractivity contribution in [1.29, 1.82) is 0 Å². The lowest BCUT2D eigenvalue weighted by molar-refractivity contribution is 0.341. The summed E-state index contributed by atoms with van der Waals surface area (Å²) in [5.41, 5.74) is 0. The molecule has 2 aliphatic rings. The van der Waals surface area contributed by atoms with Crippen LogP contribution < -0.4 is 5.32 Å². The average molecular weight is 217 g/mol. The highest BCUT2D eigenvalue weighted by atomic mass is 32.2. The Hall–Kier alpha value is -0.0900. The van der Waals surface area contributed by atoms with E-state index in [1.807, 2.05) is 0 Å². The summed E-state index contributed by atoms with van der Waals surface area (Å²) in [6, 6.07) is 0. The van der Waals surface area contributed by atoms with Crippen LogP contribution in [0.2, 0.25) is 0 Å². The van der Waals surface area contributed by atoms with Gasteiger partial charge < -0.3 is 5.32 Å². The fraction of sp³-hybridized carbons (Fsp3) is 1.00. The first kappa shape index (κ1) is 10.4. The molecule has 2 aliphatic heterocycles. The molecule has 2 heterocycles. The third kappa shape index (κ3) is 2.48. The highest BCUT2D eigenvalue weighted by Crippen LogP contribution is 2.29. The van der Waals surface area contributed by atoms with E-state index in [0.29, 0.717) is 23.3 Å². The molecule has 1 N–H and O–H groups in total. The molecule has 2 rings (SSSR count). The van der Waals surface area contributed by atoms with Gasteiger partial charge in [-0.15, -0.1) is 0 Å². The van der Waals surface area contributed by atoms with E-state index in [0.717, 1.165) is 19.5 Å². The minimum Gasteiger partial charge on any atom is -0.316 e. The number of hydrogen-bond donors (Lipinski definition) is 1. The number of rotatable bonds is 1. The molecular formula is C10H19NO2S. The number of sulfone groups is 1. The van der Waals surface area contributed by atoms with E-state index in [4.69, 9.17) is 0 Å². The minimum atomic E-state index is -2.68. The summed E-state index contributed by atoms with van der Waals surface area (Å²) < 4.78 is 22.7. The van der Waals surface area contributed by atoms with Crippen LogP contribution in [0.15, 0.2) is 0 Å². The molecule has 0 aliphatic carbocycles. The molecule has 14 heavy (non-hydrogen) atoms. The first-order chi connectivity index (χ1) is 6.67. The summed E-state index contributed by atoms with van der Waals surface area (Å²) in [6.45, 7) is 2.14. The van der Waals surface area contributed by atoms with Crippen molar-refractivity contribution in [2.24, 2.45) is 11.8 Å². The first-order valence-electron chi connectivity index (χ1n) is 5.58. The van der Waals surface area contributed by atoms with Crippen molar-refractivity contribution < 1.29 is 8.42 Å². The third-order valence-corrected chi connectivity index (χ3v) is 5.31. The second kappa shape index (κ2) is 4.19. The van der Waals surface area contributed by atoms with Gasteiger partial charge in [0.1, 0.15) is 0 Å². The molecule has 2 fully saturated rings. The summed E-state index contributed by atoms with van der Waals surface area (Å²) in [6.07, 6.45) is 4.62. The van der Waals surface area contributed by atoms with Crippen molar-refractivity contribution >= 4 is 9.84 Å². The minimum absolute atomic E-state index is 0.425. The maximum atomic E-state index is 11.3. The van der Waals surface area contributed by atoms with Crippen LogP contribution in [0.4, 0.5) is 0 Å². The summed E-state index contributed by atoms with van der Waals surface area (Å²) in [7, 11) is -2.68. The third-order valence-electron chi connectivity index (χ3n) is 3.52. The molecule has 0 aromatic rings. The Bertz CT molecular complexity index is 278. The highest BCUT2D eigenvalue weighted by molar-refractivity contribution is 7.91. The molecule has 0 aromatic carbocycles. The standard InChI is InChI=1S/C10H19NO2S/c12-14(13)6-4-10(8-14)9-3-1-2-5-11-7-9/h9-11H,1-8H2. The van der Waals surface area contributed by atoms with Crippen LogP contribution in [0.1, 0.15) is 25.7 Å². The van der Waals surface area contributed by atoms with Crippen molar-refractivity contribution in [3.05, 3.63) is 0 Å². The molecule has 2 unspecified atom stereocenters. The zero-order valence-corrected chi connectivity index (χ0v) is 9.35. The van der Waals surface area contributed by atoms with Crippen molar-refractivity contribution in [2.45, 2.75) is 25.7 Å². The van der Waals surface area contributed by atoms with E-state index in [9.17, 15) is 8.42 Å². The van der Waals surface area contributed by atoms with Crippen LogP contribution in [0.5, 0.6) is 0 Å². The highest BCUT2D eigenvalue weighted by Gasteiger charge is 2.33. The summed E-state index contributed by atoms with van der Waals surface area (Å²) in [5.74, 6) is 1.91. The van der Waals surface area contributed by atoms with E-state index in [-0.39, 0.29) is 0 Å². The normalized spacial score (nSPS) is 38.0. The molecular weight excluding hydrogens is 198 g/mol.